The lowest BCUT2D eigenvalue weighted by molar-refractivity contribution is 1.27. The van der Waals surface area contributed by atoms with Crippen LogP contribution >= 0.6 is 0 Å². The summed E-state index contributed by atoms with van der Waals surface area (Å²) in [6.07, 6.45) is 5.16. The van der Waals surface area contributed by atoms with Crippen LogP contribution in [0.1, 0.15) is 291 Å². The fraction of sp³-hybridized carbons (Fsp3) is 0.277. The molecule has 0 aliphatic heterocycles. The number of hydrogen-bond donors (Lipinski definition) is 0. The lowest BCUT2D eigenvalue weighted by Gasteiger charge is -2.15. The average Bonchev–Trinajstić information content (AvgIpc) is 1.26. The van der Waals surface area contributed by atoms with E-state index >= 15 is 0 Å². The maximum atomic E-state index is 2.50. The summed E-state index contributed by atoms with van der Waals surface area (Å²) in [7, 11) is 0. The molecule has 0 atom stereocenters. The highest BCUT2D eigenvalue weighted by Crippen LogP contribution is 2.52. The molecule has 0 heterocycles. The Morgan fingerprint density at radius 1 is 0.0993 bits per heavy atom. The minimum Gasteiger partial charge on any atom is -0.0683 e. The lowest BCUT2D eigenvalue weighted by atomic mass is 9.88. The van der Waals surface area contributed by atoms with Crippen LogP contribution in [0.5, 0.6) is 0 Å². The molecule has 0 amide bonds. The molecule has 0 fully saturated rings. The number of rotatable bonds is 0. The number of benzene rings is 21. The van der Waals surface area contributed by atoms with Crippen LogP contribution in [0.4, 0.5) is 0 Å². The second kappa shape index (κ2) is 60.7. The van der Waals surface area contributed by atoms with Crippen molar-refractivity contribution in [3.63, 3.8) is 0 Å². The molecule has 141 heavy (non-hydrogen) atoms. The van der Waals surface area contributed by atoms with E-state index in [1.54, 1.807) is 0 Å². The topological polar surface area (TPSA) is 0 Å². The zero-order valence-corrected chi connectivity index (χ0v) is 93.0. The molecule has 0 saturated heterocycles. The van der Waals surface area contributed by atoms with Gasteiger partial charge in [-0.05, 0) is 297 Å². The minimum atomic E-state index is 1.02. The van der Waals surface area contributed by atoms with E-state index in [0.29, 0.717) is 0 Å². The highest BCUT2D eigenvalue weighted by Gasteiger charge is 2.29. The second-order valence-corrected chi connectivity index (χ2v) is 30.1. The van der Waals surface area contributed by atoms with E-state index in [4.69, 9.17) is 0 Å². The van der Waals surface area contributed by atoms with E-state index in [0.717, 1.165) is 32.1 Å². The van der Waals surface area contributed by atoms with Crippen molar-refractivity contribution in [2.75, 3.05) is 0 Å². The Morgan fingerprint density at radius 3 is 0.482 bits per heavy atom. The zero-order chi connectivity index (χ0) is 104. The summed E-state index contributed by atoms with van der Waals surface area (Å²) >= 11 is 0. The predicted octanol–water partition coefficient (Wildman–Crippen LogP) is 45.9. The molecular formula is C141H170. The van der Waals surface area contributed by atoms with E-state index in [1.165, 1.54) is 241 Å². The number of hydrogen-bond acceptors (Lipinski definition) is 0. The van der Waals surface area contributed by atoms with Gasteiger partial charge in [0.05, 0.1) is 0 Å². The summed E-state index contributed by atoms with van der Waals surface area (Å²) in [6.45, 7) is 68.0. The van der Waals surface area contributed by atoms with Crippen LogP contribution in [0.25, 0.3) is 185 Å². The predicted molar refractivity (Wildman–Crippen MR) is 650 cm³/mol. The molecule has 5 aliphatic carbocycles. The van der Waals surface area contributed by atoms with Crippen molar-refractivity contribution in [3.05, 3.63) is 407 Å². The van der Waals surface area contributed by atoms with Crippen LogP contribution in [0.3, 0.4) is 0 Å². The van der Waals surface area contributed by atoms with E-state index in [-0.39, 0.29) is 0 Å². The zero-order valence-electron chi connectivity index (χ0n) is 93.0. The number of fused-ring (bicyclic) bond motifs is 42. The van der Waals surface area contributed by atoms with Gasteiger partial charge in [0, 0.05) is 0 Å². The van der Waals surface area contributed by atoms with E-state index in [2.05, 4.69) is 352 Å². The third-order valence-electron chi connectivity index (χ3n) is 24.7. The van der Waals surface area contributed by atoms with Gasteiger partial charge in [0.1, 0.15) is 0 Å². The Hall–Kier alpha value is -13.3. The van der Waals surface area contributed by atoms with Gasteiger partial charge in [-0.2, -0.15) is 0 Å². The largest absolute Gasteiger partial charge is 0.0683 e. The highest BCUT2D eigenvalue weighted by molar-refractivity contribution is 6.31. The minimum absolute atomic E-state index is 1.02. The first kappa shape index (κ1) is 116. The van der Waals surface area contributed by atoms with E-state index in [1.807, 2.05) is 235 Å². The molecule has 0 radical (unpaired) electrons. The first-order valence-corrected chi connectivity index (χ1v) is 55.0. The fourth-order valence-corrected chi connectivity index (χ4v) is 20.1. The van der Waals surface area contributed by atoms with E-state index in [9.17, 15) is 0 Å². The molecule has 0 N–H and O–H groups in total. The quantitative estimate of drug-likeness (QED) is 0.133. The Bertz CT molecular complexity index is 7100. The Labute approximate surface area is 853 Å². The van der Waals surface area contributed by atoms with Gasteiger partial charge in [0.2, 0.25) is 0 Å². The van der Waals surface area contributed by atoms with Gasteiger partial charge < -0.3 is 0 Å². The molecule has 0 aromatic heterocycles. The molecule has 21 aromatic carbocycles. The van der Waals surface area contributed by atoms with Crippen molar-refractivity contribution in [1.82, 2.24) is 0 Å². The first-order chi connectivity index (χ1) is 70.1. The average molecular weight is 1860 g/mol. The molecule has 5 aliphatic rings. The smallest absolute Gasteiger partial charge is 0.000706 e. The van der Waals surface area contributed by atoms with Gasteiger partial charge in [0.25, 0.3) is 0 Å². The summed E-state index contributed by atoms with van der Waals surface area (Å²) in [5.74, 6) is 0. The second-order valence-electron chi connectivity index (χ2n) is 30.1. The van der Waals surface area contributed by atoms with Crippen molar-refractivity contribution in [2.24, 2.45) is 0 Å². The highest BCUT2D eigenvalue weighted by atomic mass is 14.3. The van der Waals surface area contributed by atoms with Crippen molar-refractivity contribution in [3.8, 4) is 55.6 Å². The van der Waals surface area contributed by atoms with Crippen LogP contribution in [-0.4, -0.2) is 0 Å². The van der Waals surface area contributed by atoms with Gasteiger partial charge in [-0.15, -0.1) is 0 Å². The van der Waals surface area contributed by atoms with Crippen molar-refractivity contribution < 1.29 is 0 Å². The molecule has 0 spiro atoms. The van der Waals surface area contributed by atoms with Crippen LogP contribution < -0.4 is 0 Å². The maximum Gasteiger partial charge on any atom is -0.000706 e. The van der Waals surface area contributed by atoms with Crippen LogP contribution in [0, 0.1) is 0 Å². The monoisotopic (exact) mass is 1860 g/mol. The van der Waals surface area contributed by atoms with Crippen molar-refractivity contribution in [2.45, 2.75) is 268 Å². The van der Waals surface area contributed by atoms with E-state index < -0.39 is 0 Å². The third-order valence-corrected chi connectivity index (χ3v) is 24.7. The van der Waals surface area contributed by atoms with Gasteiger partial charge in [-0.3, -0.25) is 0 Å². The molecule has 0 heteroatoms. The Kier molecular flexibility index (Phi) is 50.1. The summed E-state index contributed by atoms with van der Waals surface area (Å²) in [6, 6.07) is 130. The van der Waals surface area contributed by atoms with Crippen molar-refractivity contribution in [1.29, 1.82) is 0 Å². The molecule has 0 unspecified atom stereocenters. The summed E-state index contributed by atoms with van der Waals surface area (Å²) in [5, 5.41) is 33.0. The molecule has 0 nitrogen and oxygen atoms in total. The first-order valence-electron chi connectivity index (χ1n) is 55.0. The Morgan fingerprint density at radius 2 is 0.248 bits per heavy atom. The standard InChI is InChI=1S/C32H20.3C25H16.17C2H6/c1-4-10-23-19(7-1)15-21-17-31-29(18-28(21)23)25-12-6-5-11-24(25)27-14-13-26-22-9-3-2-8-20(22)16-30(26)32(27)31;1-2-8-18-16(7-1)13-17-14-24-21-11-5-3-9-19(21)20-10-4-6-12-22(20)25(24)15-23(17)18;2*1-2-8-17-16(7-1)15-24-21(17)13-14-23-20-11-4-3-9-18(20)19-10-5-6-12-22(19)25(23)24;17*1-2/h1-14,17-18H,15-16H2;1-12,14-15H,13H2;2*1-14H,15H2;17*1-2H3. The van der Waals surface area contributed by atoms with Crippen LogP contribution in [-0.2, 0) is 32.1 Å². The maximum absolute atomic E-state index is 2.50. The van der Waals surface area contributed by atoms with Crippen LogP contribution in [0.15, 0.2) is 352 Å². The van der Waals surface area contributed by atoms with Gasteiger partial charge in [-0.1, -0.05) is 563 Å². The molecule has 0 saturated carbocycles. The molecular weight excluding hydrogens is 1690 g/mol. The lowest BCUT2D eigenvalue weighted by Crippen LogP contribution is -1.91. The normalized spacial score (nSPS) is 10.5. The van der Waals surface area contributed by atoms with Crippen molar-refractivity contribution >= 4 is 129 Å². The SMILES string of the molecule is CC.CC.CC.CC.CC.CC.CC.CC.CC.CC.CC.CC.CC.CC.CC.CC.CC.c1ccc2c(c1)Cc1c-2ccc2c3ccccc3c3ccccc3c12.c1ccc2c(c1)Cc1c-2ccc2c3ccccc3c3ccccc3c12.c1ccc2c(c1)Cc1cc3c(cc1-2)c1ccccc1c1ccc2c(c13)Cc1ccccc1-2.c1ccc2c(c1)Cc1cc3c4ccccc4c4ccccc4c3cc1-2. The summed E-state index contributed by atoms with van der Waals surface area (Å²) in [5.41, 5.74) is 28.7. The van der Waals surface area contributed by atoms with Gasteiger partial charge in [-0.25, -0.2) is 0 Å². The third kappa shape index (κ3) is 23.5. The Balaban J connectivity index is 0.000000262. The summed E-state index contributed by atoms with van der Waals surface area (Å²) in [4.78, 5) is 0. The molecule has 26 rings (SSSR count). The van der Waals surface area contributed by atoms with Gasteiger partial charge in [0.15, 0.2) is 0 Å². The van der Waals surface area contributed by atoms with Crippen LogP contribution in [0.2, 0.25) is 0 Å². The molecule has 734 valence electrons. The fourth-order valence-electron chi connectivity index (χ4n) is 20.1. The summed E-state index contributed by atoms with van der Waals surface area (Å²) < 4.78 is 0. The molecule has 0 bridgehead atoms. The van der Waals surface area contributed by atoms with Gasteiger partial charge >= 0.3 is 0 Å². The molecule has 21 aromatic rings.